The van der Waals surface area contributed by atoms with Gasteiger partial charge in [0.2, 0.25) is 0 Å². The molecule has 2 heterocycles. The van der Waals surface area contributed by atoms with Crippen LogP contribution in [0.2, 0.25) is 0 Å². The van der Waals surface area contributed by atoms with Crippen molar-refractivity contribution in [1.29, 1.82) is 0 Å². The summed E-state index contributed by atoms with van der Waals surface area (Å²) in [6.07, 6.45) is 14.3. The minimum Gasteiger partial charge on any atom is -0.314 e. The van der Waals surface area contributed by atoms with Gasteiger partial charge in [-0.15, -0.1) is 0 Å². The highest BCUT2D eigenvalue weighted by Gasteiger charge is 2.36. The van der Waals surface area contributed by atoms with Gasteiger partial charge in [-0.05, 0) is 76.9 Å². The highest BCUT2D eigenvalue weighted by atomic mass is 15.2. The lowest BCUT2D eigenvalue weighted by atomic mass is 9.78. The average molecular weight is 291 g/mol. The van der Waals surface area contributed by atoms with Crippen LogP contribution in [-0.2, 0) is 0 Å². The molecule has 3 heteroatoms. The van der Waals surface area contributed by atoms with Crippen molar-refractivity contribution in [3.63, 3.8) is 0 Å². The summed E-state index contributed by atoms with van der Waals surface area (Å²) in [5, 5.41) is 7.87. The van der Waals surface area contributed by atoms with Crippen LogP contribution in [0.5, 0.6) is 0 Å². The lowest BCUT2D eigenvalue weighted by molar-refractivity contribution is 0.150. The van der Waals surface area contributed by atoms with Gasteiger partial charge in [-0.2, -0.15) is 0 Å². The topological polar surface area (TPSA) is 27.3 Å². The summed E-state index contributed by atoms with van der Waals surface area (Å²) in [4.78, 5) is 2.75. The van der Waals surface area contributed by atoms with Crippen molar-refractivity contribution in [3.05, 3.63) is 0 Å². The van der Waals surface area contributed by atoms with Crippen LogP contribution in [0.15, 0.2) is 0 Å². The molecule has 4 rings (SSSR count). The Bertz CT molecular complexity index is 327. The van der Waals surface area contributed by atoms with Crippen molar-refractivity contribution in [2.75, 3.05) is 19.6 Å². The Morgan fingerprint density at radius 3 is 2.33 bits per heavy atom. The second kappa shape index (κ2) is 6.55. The number of nitrogens with zero attached hydrogens (tertiary/aromatic N) is 1. The van der Waals surface area contributed by atoms with E-state index in [4.69, 9.17) is 0 Å². The van der Waals surface area contributed by atoms with Gasteiger partial charge in [-0.3, -0.25) is 0 Å². The maximum Gasteiger partial charge on any atom is 0.0113 e. The molecule has 0 aromatic rings. The quantitative estimate of drug-likeness (QED) is 0.833. The van der Waals surface area contributed by atoms with Gasteiger partial charge in [0, 0.05) is 24.2 Å². The van der Waals surface area contributed by atoms with Crippen molar-refractivity contribution in [3.8, 4) is 0 Å². The Morgan fingerprint density at radius 2 is 1.62 bits per heavy atom. The van der Waals surface area contributed by atoms with Crippen LogP contribution in [0.3, 0.4) is 0 Å². The summed E-state index contributed by atoms with van der Waals surface area (Å²) < 4.78 is 0. The van der Waals surface area contributed by atoms with Crippen LogP contribution < -0.4 is 10.6 Å². The zero-order valence-electron chi connectivity index (χ0n) is 13.5. The molecule has 4 fully saturated rings. The van der Waals surface area contributed by atoms with E-state index in [1.165, 1.54) is 83.8 Å². The SMILES string of the molecule is C1CNC(C2CCCCC2NC2CCN(C3CC3)CC2)C1. The molecule has 2 aliphatic heterocycles. The predicted molar refractivity (Wildman–Crippen MR) is 87.5 cm³/mol. The van der Waals surface area contributed by atoms with E-state index >= 15 is 0 Å². The molecular weight excluding hydrogens is 258 g/mol. The summed E-state index contributed by atoms with van der Waals surface area (Å²) >= 11 is 0. The van der Waals surface area contributed by atoms with E-state index in [2.05, 4.69) is 15.5 Å². The second-order valence-corrected chi connectivity index (χ2v) is 7.97. The molecule has 2 aliphatic carbocycles. The van der Waals surface area contributed by atoms with Crippen LogP contribution in [-0.4, -0.2) is 48.7 Å². The van der Waals surface area contributed by atoms with Gasteiger partial charge >= 0.3 is 0 Å². The summed E-state index contributed by atoms with van der Waals surface area (Å²) in [7, 11) is 0. The molecule has 3 nitrogen and oxygen atoms in total. The average Bonchev–Trinajstić information content (AvgIpc) is 3.23. The van der Waals surface area contributed by atoms with E-state index in [0.717, 1.165) is 30.1 Å². The molecule has 21 heavy (non-hydrogen) atoms. The molecule has 0 bridgehead atoms. The van der Waals surface area contributed by atoms with Gasteiger partial charge in [0.25, 0.3) is 0 Å². The maximum absolute atomic E-state index is 4.10. The first-order valence-corrected chi connectivity index (χ1v) is 9.63. The number of piperidine rings is 1. The van der Waals surface area contributed by atoms with Gasteiger partial charge in [0.1, 0.15) is 0 Å². The molecule has 2 saturated heterocycles. The number of likely N-dealkylation sites (tertiary alicyclic amines) is 1. The number of hydrogen-bond acceptors (Lipinski definition) is 3. The van der Waals surface area contributed by atoms with E-state index < -0.39 is 0 Å². The van der Waals surface area contributed by atoms with Crippen molar-refractivity contribution >= 4 is 0 Å². The minimum absolute atomic E-state index is 0.798. The number of nitrogens with one attached hydrogen (secondary N) is 2. The largest absolute Gasteiger partial charge is 0.314 e. The van der Waals surface area contributed by atoms with Crippen LogP contribution in [0.25, 0.3) is 0 Å². The van der Waals surface area contributed by atoms with Gasteiger partial charge in [0.05, 0.1) is 0 Å². The van der Waals surface area contributed by atoms with E-state index in [1.807, 2.05) is 0 Å². The van der Waals surface area contributed by atoms with E-state index in [1.54, 1.807) is 0 Å². The zero-order chi connectivity index (χ0) is 14.1. The monoisotopic (exact) mass is 291 g/mol. The Morgan fingerprint density at radius 1 is 0.810 bits per heavy atom. The zero-order valence-corrected chi connectivity index (χ0v) is 13.5. The predicted octanol–water partition coefficient (Wildman–Crippen LogP) is 2.51. The van der Waals surface area contributed by atoms with Crippen LogP contribution in [0.4, 0.5) is 0 Å². The fourth-order valence-electron chi connectivity index (χ4n) is 5.10. The molecule has 3 atom stereocenters. The molecule has 4 aliphatic rings. The molecule has 2 saturated carbocycles. The first-order valence-electron chi connectivity index (χ1n) is 9.63. The first-order chi connectivity index (χ1) is 10.4. The van der Waals surface area contributed by atoms with Crippen molar-refractivity contribution < 1.29 is 0 Å². The number of rotatable bonds is 4. The summed E-state index contributed by atoms with van der Waals surface area (Å²) in [6.45, 7) is 3.95. The normalized spacial score (nSPS) is 39.7. The molecule has 0 spiro atoms. The summed E-state index contributed by atoms with van der Waals surface area (Å²) in [5.74, 6) is 0.905. The number of hydrogen-bond donors (Lipinski definition) is 2. The summed E-state index contributed by atoms with van der Waals surface area (Å²) in [5.41, 5.74) is 0. The van der Waals surface area contributed by atoms with Gasteiger partial charge in [0.15, 0.2) is 0 Å². The van der Waals surface area contributed by atoms with Crippen LogP contribution in [0, 0.1) is 5.92 Å². The Hall–Kier alpha value is -0.120. The van der Waals surface area contributed by atoms with E-state index in [-0.39, 0.29) is 0 Å². The van der Waals surface area contributed by atoms with Gasteiger partial charge in [-0.1, -0.05) is 12.8 Å². The fourth-order valence-corrected chi connectivity index (χ4v) is 5.10. The van der Waals surface area contributed by atoms with Crippen LogP contribution in [0.1, 0.15) is 64.2 Å². The third-order valence-corrected chi connectivity index (χ3v) is 6.48. The molecule has 0 aromatic carbocycles. The molecular formula is C18H33N3. The fraction of sp³-hybridized carbons (Fsp3) is 1.00. The Kier molecular flexibility index (Phi) is 4.52. The summed E-state index contributed by atoms with van der Waals surface area (Å²) in [6, 6.07) is 3.38. The minimum atomic E-state index is 0.798. The molecule has 2 N–H and O–H groups in total. The first kappa shape index (κ1) is 14.5. The molecule has 3 unspecified atom stereocenters. The van der Waals surface area contributed by atoms with Crippen molar-refractivity contribution in [2.45, 2.75) is 88.4 Å². The van der Waals surface area contributed by atoms with Gasteiger partial charge in [-0.25, -0.2) is 0 Å². The Balaban J connectivity index is 1.29. The molecule has 0 amide bonds. The molecule has 120 valence electrons. The van der Waals surface area contributed by atoms with Gasteiger partial charge < -0.3 is 15.5 Å². The second-order valence-electron chi connectivity index (χ2n) is 7.97. The lowest BCUT2D eigenvalue weighted by Crippen LogP contribution is -2.53. The highest BCUT2D eigenvalue weighted by molar-refractivity contribution is 4.94. The van der Waals surface area contributed by atoms with Crippen LogP contribution >= 0.6 is 0 Å². The van der Waals surface area contributed by atoms with E-state index in [9.17, 15) is 0 Å². The lowest BCUT2D eigenvalue weighted by Gasteiger charge is -2.41. The third-order valence-electron chi connectivity index (χ3n) is 6.48. The van der Waals surface area contributed by atoms with Crippen molar-refractivity contribution in [2.24, 2.45) is 5.92 Å². The maximum atomic E-state index is 4.10. The third kappa shape index (κ3) is 3.46. The standard InChI is InChI=1S/C18H33N3/c1-2-5-18(16(4-1)17-6-3-11-19-17)20-14-9-12-21(13-10-14)15-7-8-15/h14-20H,1-13H2. The van der Waals surface area contributed by atoms with Crippen molar-refractivity contribution in [1.82, 2.24) is 15.5 Å². The highest BCUT2D eigenvalue weighted by Crippen LogP contribution is 2.33. The molecule has 0 radical (unpaired) electrons. The van der Waals surface area contributed by atoms with E-state index in [0.29, 0.717) is 0 Å². The smallest absolute Gasteiger partial charge is 0.0113 e. The Labute approximate surface area is 130 Å². The molecule has 0 aromatic heterocycles.